The summed E-state index contributed by atoms with van der Waals surface area (Å²) in [5.74, 6) is -0.378. The van der Waals surface area contributed by atoms with Gasteiger partial charge in [-0.05, 0) is 34.7 Å². The summed E-state index contributed by atoms with van der Waals surface area (Å²) in [6.45, 7) is 0. The molecule has 1 nitrogen and oxygen atoms in total. The maximum atomic E-state index is 13.2. The van der Waals surface area contributed by atoms with Crippen molar-refractivity contribution in [2.75, 3.05) is 0 Å². The molecule has 1 aromatic heterocycles. The number of rotatable bonds is 0. The molecule has 4 heteroatoms. The molecular weight excluding hydrogens is 291 g/mol. The maximum Gasteiger partial charge on any atom is 0.165 e. The van der Waals surface area contributed by atoms with Crippen LogP contribution in [0.4, 0.5) is 4.39 Å². The van der Waals surface area contributed by atoms with Crippen molar-refractivity contribution in [3.05, 3.63) is 32.7 Å². The van der Waals surface area contributed by atoms with Crippen molar-refractivity contribution < 1.29 is 4.39 Å². The second-order valence-corrected chi connectivity index (χ2v) is 4.01. The van der Waals surface area contributed by atoms with Gasteiger partial charge in [0.15, 0.2) is 5.82 Å². The quantitative estimate of drug-likeness (QED) is 0.715. The number of fused-ring (bicyclic) bond motifs is 1. The molecule has 0 unspecified atom stereocenters. The van der Waals surface area contributed by atoms with Crippen molar-refractivity contribution >= 4 is 45.1 Å². The summed E-state index contributed by atoms with van der Waals surface area (Å²) in [7, 11) is 0. The Labute approximate surface area is 87.1 Å². The average molecular weight is 295 g/mol. The number of aromatic nitrogens is 1. The molecule has 1 aromatic carbocycles. The largest absolute Gasteiger partial charge is 0.348 e. The van der Waals surface area contributed by atoms with E-state index in [0.717, 1.165) is 9.09 Å². The highest BCUT2D eigenvalue weighted by Crippen LogP contribution is 2.24. The molecule has 62 valence electrons. The summed E-state index contributed by atoms with van der Waals surface area (Å²) >= 11 is 7.70. The van der Waals surface area contributed by atoms with Gasteiger partial charge in [-0.25, -0.2) is 4.39 Å². The number of aromatic amines is 1. The standard InChI is InChI=1S/C8H4ClFIN/c9-5-2-1-4-3-6(11)12-8(4)7(5)10/h1-3,12H. The molecule has 0 aliphatic heterocycles. The number of nitrogens with one attached hydrogen (secondary N) is 1. The van der Waals surface area contributed by atoms with E-state index < -0.39 is 0 Å². The van der Waals surface area contributed by atoms with E-state index in [4.69, 9.17) is 11.6 Å². The third kappa shape index (κ3) is 1.21. The van der Waals surface area contributed by atoms with Crippen LogP contribution < -0.4 is 0 Å². The lowest BCUT2D eigenvalue weighted by atomic mass is 10.2. The van der Waals surface area contributed by atoms with E-state index in [2.05, 4.69) is 27.6 Å². The molecule has 1 heterocycles. The Hall–Kier alpha value is -0.290. The Balaban J connectivity index is 2.89. The summed E-state index contributed by atoms with van der Waals surface area (Å²) < 4.78 is 14.2. The third-order valence-corrected chi connectivity index (χ3v) is 2.53. The van der Waals surface area contributed by atoms with E-state index in [1.807, 2.05) is 6.07 Å². The zero-order chi connectivity index (χ0) is 8.72. The molecule has 12 heavy (non-hydrogen) atoms. The second kappa shape index (κ2) is 2.88. The van der Waals surface area contributed by atoms with Gasteiger partial charge < -0.3 is 4.98 Å². The summed E-state index contributed by atoms with van der Waals surface area (Å²) in [6.07, 6.45) is 0. The van der Waals surface area contributed by atoms with Gasteiger partial charge in [0.25, 0.3) is 0 Å². The fraction of sp³-hybridized carbons (Fsp3) is 0. The van der Waals surface area contributed by atoms with E-state index in [-0.39, 0.29) is 10.8 Å². The first-order chi connectivity index (χ1) is 5.68. The molecule has 0 saturated heterocycles. The Morgan fingerprint density at radius 1 is 1.42 bits per heavy atom. The van der Waals surface area contributed by atoms with Gasteiger partial charge >= 0.3 is 0 Å². The first-order valence-corrected chi connectivity index (χ1v) is 4.76. The van der Waals surface area contributed by atoms with Gasteiger partial charge in [0, 0.05) is 5.39 Å². The SMILES string of the molecule is Fc1c(Cl)ccc2cc(I)[nH]c12. The van der Waals surface area contributed by atoms with Crippen LogP contribution in [-0.2, 0) is 0 Å². The molecule has 2 rings (SSSR count). The third-order valence-electron chi connectivity index (χ3n) is 1.65. The van der Waals surface area contributed by atoms with Crippen LogP contribution in [0.25, 0.3) is 10.9 Å². The van der Waals surface area contributed by atoms with Crippen molar-refractivity contribution in [3.63, 3.8) is 0 Å². The molecule has 0 atom stereocenters. The lowest BCUT2D eigenvalue weighted by molar-refractivity contribution is 0.637. The van der Waals surface area contributed by atoms with Crippen LogP contribution in [0.1, 0.15) is 0 Å². The minimum absolute atomic E-state index is 0.153. The van der Waals surface area contributed by atoms with Crippen molar-refractivity contribution in [1.29, 1.82) is 0 Å². The summed E-state index contributed by atoms with van der Waals surface area (Å²) in [6, 6.07) is 5.22. The average Bonchev–Trinajstić information content (AvgIpc) is 2.39. The fourth-order valence-corrected chi connectivity index (χ4v) is 1.87. The van der Waals surface area contributed by atoms with Crippen molar-refractivity contribution in [2.24, 2.45) is 0 Å². The van der Waals surface area contributed by atoms with Crippen LogP contribution in [-0.4, -0.2) is 4.98 Å². The normalized spacial score (nSPS) is 10.9. The predicted octanol–water partition coefficient (Wildman–Crippen LogP) is 3.57. The van der Waals surface area contributed by atoms with Gasteiger partial charge in [-0.1, -0.05) is 17.7 Å². The van der Waals surface area contributed by atoms with Crippen LogP contribution in [0.2, 0.25) is 5.02 Å². The molecular formula is C8H4ClFIN. The predicted molar refractivity (Wildman–Crippen MR) is 56.0 cm³/mol. The van der Waals surface area contributed by atoms with Crippen LogP contribution in [0.15, 0.2) is 18.2 Å². The molecule has 0 aliphatic rings. The van der Waals surface area contributed by atoms with E-state index in [1.54, 1.807) is 12.1 Å². The molecule has 0 fully saturated rings. The molecule has 1 N–H and O–H groups in total. The monoisotopic (exact) mass is 295 g/mol. The zero-order valence-electron chi connectivity index (χ0n) is 5.87. The van der Waals surface area contributed by atoms with Gasteiger partial charge in [0.1, 0.15) is 0 Å². The topological polar surface area (TPSA) is 15.8 Å². The smallest absolute Gasteiger partial charge is 0.165 e. The van der Waals surface area contributed by atoms with Crippen LogP contribution in [0, 0.1) is 9.52 Å². The lowest BCUT2D eigenvalue weighted by Gasteiger charge is -1.93. The highest BCUT2D eigenvalue weighted by molar-refractivity contribution is 14.1. The fourth-order valence-electron chi connectivity index (χ4n) is 1.10. The first kappa shape index (κ1) is 8.31. The summed E-state index contributed by atoms with van der Waals surface area (Å²) in [5.41, 5.74) is 0.479. The van der Waals surface area contributed by atoms with E-state index >= 15 is 0 Å². The van der Waals surface area contributed by atoms with Gasteiger partial charge in [-0.3, -0.25) is 0 Å². The molecule has 0 radical (unpaired) electrons. The Morgan fingerprint density at radius 3 is 2.92 bits per heavy atom. The van der Waals surface area contributed by atoms with Gasteiger partial charge in [0.2, 0.25) is 0 Å². The molecule has 0 aliphatic carbocycles. The molecule has 0 bridgehead atoms. The van der Waals surface area contributed by atoms with Gasteiger partial charge in [0.05, 0.1) is 14.2 Å². The van der Waals surface area contributed by atoms with E-state index in [1.165, 1.54) is 0 Å². The molecule has 0 amide bonds. The Kier molecular flexibility index (Phi) is 2.00. The van der Waals surface area contributed by atoms with Crippen molar-refractivity contribution in [3.8, 4) is 0 Å². The number of H-pyrrole nitrogens is 1. The highest BCUT2D eigenvalue weighted by atomic mass is 127. The van der Waals surface area contributed by atoms with E-state index in [9.17, 15) is 4.39 Å². The minimum atomic E-state index is -0.378. The molecule has 0 saturated carbocycles. The number of halogens is 3. The van der Waals surface area contributed by atoms with Crippen LogP contribution in [0.3, 0.4) is 0 Å². The van der Waals surface area contributed by atoms with Gasteiger partial charge in [-0.2, -0.15) is 0 Å². The highest BCUT2D eigenvalue weighted by Gasteiger charge is 2.07. The molecule has 2 aromatic rings. The minimum Gasteiger partial charge on any atom is -0.348 e. The van der Waals surface area contributed by atoms with Crippen molar-refractivity contribution in [1.82, 2.24) is 4.98 Å². The van der Waals surface area contributed by atoms with Crippen molar-refractivity contribution in [2.45, 2.75) is 0 Å². The Morgan fingerprint density at radius 2 is 2.17 bits per heavy atom. The van der Waals surface area contributed by atoms with Gasteiger partial charge in [-0.15, -0.1) is 0 Å². The number of benzene rings is 1. The summed E-state index contributed by atoms with van der Waals surface area (Å²) in [4.78, 5) is 2.89. The zero-order valence-corrected chi connectivity index (χ0v) is 8.78. The second-order valence-electron chi connectivity index (χ2n) is 2.44. The number of hydrogen-bond donors (Lipinski definition) is 1. The van der Waals surface area contributed by atoms with Crippen LogP contribution in [0.5, 0.6) is 0 Å². The summed E-state index contributed by atoms with van der Waals surface area (Å²) in [5, 5.41) is 1.00. The lowest BCUT2D eigenvalue weighted by Crippen LogP contribution is -1.78. The molecule has 0 spiro atoms. The van der Waals surface area contributed by atoms with Crippen LogP contribution >= 0.6 is 34.2 Å². The first-order valence-electron chi connectivity index (χ1n) is 3.30. The Bertz CT molecular complexity index is 438. The maximum absolute atomic E-state index is 13.2. The van der Waals surface area contributed by atoms with E-state index in [0.29, 0.717) is 5.52 Å². The number of hydrogen-bond acceptors (Lipinski definition) is 0.